The van der Waals surface area contributed by atoms with Crippen LogP contribution in [0.15, 0.2) is 47.4 Å². The highest BCUT2D eigenvalue weighted by Gasteiger charge is 2.04. The average Bonchev–Trinajstić information content (AvgIpc) is 2.39. The van der Waals surface area contributed by atoms with Crippen molar-refractivity contribution in [2.45, 2.75) is 17.6 Å². The van der Waals surface area contributed by atoms with Gasteiger partial charge in [-0.15, -0.1) is 11.8 Å². The van der Waals surface area contributed by atoms with Crippen molar-refractivity contribution < 1.29 is 4.74 Å². The van der Waals surface area contributed by atoms with Gasteiger partial charge >= 0.3 is 0 Å². The summed E-state index contributed by atoms with van der Waals surface area (Å²) in [4.78, 5) is 5.20. The first-order valence-corrected chi connectivity index (χ1v) is 6.84. The standard InChI is InChI=1S/C14H16N2OS/c1-2-17-13-9-8-12(14(15)16-13)18-10-11-6-4-3-5-7-11/h3-9H,2,10H2,1H3,(H2,15,16). The van der Waals surface area contributed by atoms with Gasteiger partial charge in [0.25, 0.3) is 0 Å². The van der Waals surface area contributed by atoms with Gasteiger partial charge in [-0.1, -0.05) is 30.3 Å². The number of nitrogen functional groups attached to an aromatic ring is 1. The number of nitrogens with zero attached hydrogens (tertiary/aromatic N) is 1. The Balaban J connectivity index is 2.01. The first-order valence-electron chi connectivity index (χ1n) is 5.85. The van der Waals surface area contributed by atoms with E-state index in [2.05, 4.69) is 17.1 Å². The Morgan fingerprint density at radius 1 is 1.17 bits per heavy atom. The zero-order valence-corrected chi connectivity index (χ0v) is 11.1. The molecule has 0 saturated carbocycles. The minimum absolute atomic E-state index is 0.530. The van der Waals surface area contributed by atoms with Crippen LogP contribution in [0.2, 0.25) is 0 Å². The molecule has 0 unspecified atom stereocenters. The summed E-state index contributed by atoms with van der Waals surface area (Å²) in [5.74, 6) is 2.00. The van der Waals surface area contributed by atoms with E-state index in [1.54, 1.807) is 11.8 Å². The van der Waals surface area contributed by atoms with Gasteiger partial charge in [0.15, 0.2) is 0 Å². The number of rotatable bonds is 5. The monoisotopic (exact) mass is 260 g/mol. The minimum atomic E-state index is 0.530. The van der Waals surface area contributed by atoms with E-state index in [1.807, 2.05) is 37.3 Å². The smallest absolute Gasteiger partial charge is 0.215 e. The first-order chi connectivity index (χ1) is 8.79. The van der Waals surface area contributed by atoms with Crippen LogP contribution in [0.1, 0.15) is 12.5 Å². The summed E-state index contributed by atoms with van der Waals surface area (Å²) < 4.78 is 5.30. The van der Waals surface area contributed by atoms with E-state index in [4.69, 9.17) is 10.5 Å². The third-order valence-electron chi connectivity index (χ3n) is 2.39. The van der Waals surface area contributed by atoms with Crippen molar-refractivity contribution in [2.24, 2.45) is 0 Å². The molecule has 0 fully saturated rings. The lowest BCUT2D eigenvalue weighted by Gasteiger charge is -2.07. The van der Waals surface area contributed by atoms with E-state index < -0.39 is 0 Å². The molecule has 2 N–H and O–H groups in total. The van der Waals surface area contributed by atoms with Crippen molar-refractivity contribution in [1.82, 2.24) is 4.98 Å². The van der Waals surface area contributed by atoms with Gasteiger partial charge in [0.05, 0.1) is 11.5 Å². The van der Waals surface area contributed by atoms with Crippen LogP contribution in [0.3, 0.4) is 0 Å². The van der Waals surface area contributed by atoms with Crippen LogP contribution in [0.5, 0.6) is 5.88 Å². The molecule has 0 spiro atoms. The van der Waals surface area contributed by atoms with Crippen molar-refractivity contribution >= 4 is 17.6 Å². The Labute approximate surface area is 111 Å². The molecule has 0 radical (unpaired) electrons. The lowest BCUT2D eigenvalue weighted by Crippen LogP contribution is -1.99. The molecule has 1 heterocycles. The second-order valence-corrected chi connectivity index (χ2v) is 4.76. The molecule has 1 aromatic carbocycles. The minimum Gasteiger partial charge on any atom is -0.478 e. The lowest BCUT2D eigenvalue weighted by atomic mass is 10.2. The van der Waals surface area contributed by atoms with E-state index >= 15 is 0 Å². The summed E-state index contributed by atoms with van der Waals surface area (Å²) in [6.07, 6.45) is 0. The molecular weight excluding hydrogens is 244 g/mol. The highest BCUT2D eigenvalue weighted by Crippen LogP contribution is 2.28. The molecule has 0 saturated heterocycles. The van der Waals surface area contributed by atoms with Gasteiger partial charge in [-0.3, -0.25) is 0 Å². The summed E-state index contributed by atoms with van der Waals surface area (Å²) in [6, 6.07) is 14.1. The summed E-state index contributed by atoms with van der Waals surface area (Å²) in [5, 5.41) is 0. The fraction of sp³-hybridized carbons (Fsp3) is 0.214. The molecule has 0 aliphatic carbocycles. The van der Waals surface area contributed by atoms with E-state index in [0.29, 0.717) is 18.3 Å². The largest absolute Gasteiger partial charge is 0.478 e. The molecule has 18 heavy (non-hydrogen) atoms. The Kier molecular flexibility index (Phi) is 4.47. The number of hydrogen-bond donors (Lipinski definition) is 1. The molecule has 4 heteroatoms. The first kappa shape index (κ1) is 12.8. The number of nitrogens with two attached hydrogens (primary N) is 1. The number of benzene rings is 1. The number of aromatic nitrogens is 1. The molecule has 0 aliphatic heterocycles. The number of hydrogen-bond acceptors (Lipinski definition) is 4. The van der Waals surface area contributed by atoms with Gasteiger partial charge in [-0.05, 0) is 18.6 Å². The Morgan fingerprint density at radius 2 is 1.94 bits per heavy atom. The van der Waals surface area contributed by atoms with Gasteiger partial charge in [0, 0.05) is 11.8 Å². The fourth-order valence-electron chi connectivity index (χ4n) is 1.53. The Hall–Kier alpha value is -1.68. The third-order valence-corrected chi connectivity index (χ3v) is 3.52. The summed E-state index contributed by atoms with van der Waals surface area (Å²) in [6.45, 7) is 2.53. The fourth-order valence-corrected chi connectivity index (χ4v) is 2.40. The molecule has 3 nitrogen and oxygen atoms in total. The maximum Gasteiger partial charge on any atom is 0.215 e. The molecular formula is C14H16N2OS. The van der Waals surface area contributed by atoms with Crippen LogP contribution < -0.4 is 10.5 Å². The van der Waals surface area contributed by atoms with Gasteiger partial charge in [-0.2, -0.15) is 4.98 Å². The van der Waals surface area contributed by atoms with Crippen LogP contribution in [0.25, 0.3) is 0 Å². The van der Waals surface area contributed by atoms with Crippen LogP contribution >= 0.6 is 11.8 Å². The van der Waals surface area contributed by atoms with E-state index in [0.717, 1.165) is 10.6 Å². The van der Waals surface area contributed by atoms with Crippen molar-refractivity contribution in [1.29, 1.82) is 0 Å². The molecule has 94 valence electrons. The number of pyridine rings is 1. The van der Waals surface area contributed by atoms with Crippen molar-refractivity contribution in [3.63, 3.8) is 0 Å². The normalized spacial score (nSPS) is 10.3. The van der Waals surface area contributed by atoms with E-state index in [1.165, 1.54) is 5.56 Å². The molecule has 0 aliphatic rings. The van der Waals surface area contributed by atoms with Crippen molar-refractivity contribution in [3.05, 3.63) is 48.0 Å². The predicted octanol–water partition coefficient (Wildman–Crippen LogP) is 3.35. The number of thioether (sulfide) groups is 1. The SMILES string of the molecule is CCOc1ccc(SCc2ccccc2)c(N)n1. The highest BCUT2D eigenvalue weighted by molar-refractivity contribution is 7.98. The molecule has 0 amide bonds. The van der Waals surface area contributed by atoms with Gasteiger partial charge in [-0.25, -0.2) is 0 Å². The average molecular weight is 260 g/mol. The zero-order chi connectivity index (χ0) is 12.8. The maximum absolute atomic E-state index is 5.90. The van der Waals surface area contributed by atoms with Gasteiger partial charge in [0.1, 0.15) is 5.82 Å². The molecule has 2 rings (SSSR count). The van der Waals surface area contributed by atoms with Crippen LogP contribution in [-0.2, 0) is 5.75 Å². The molecule has 0 atom stereocenters. The second-order valence-electron chi connectivity index (χ2n) is 3.74. The maximum atomic E-state index is 5.90. The number of anilines is 1. The Bertz CT molecular complexity index is 502. The summed E-state index contributed by atoms with van der Waals surface area (Å²) in [5.41, 5.74) is 7.18. The van der Waals surface area contributed by atoms with Crippen LogP contribution in [-0.4, -0.2) is 11.6 Å². The van der Waals surface area contributed by atoms with Crippen LogP contribution in [0, 0.1) is 0 Å². The van der Waals surface area contributed by atoms with E-state index in [9.17, 15) is 0 Å². The molecule has 2 aromatic rings. The second kappa shape index (κ2) is 6.31. The highest BCUT2D eigenvalue weighted by atomic mass is 32.2. The predicted molar refractivity (Wildman–Crippen MR) is 75.8 cm³/mol. The van der Waals surface area contributed by atoms with E-state index in [-0.39, 0.29) is 0 Å². The quantitative estimate of drug-likeness (QED) is 0.837. The lowest BCUT2D eigenvalue weighted by molar-refractivity contribution is 0.327. The van der Waals surface area contributed by atoms with Crippen LogP contribution in [0.4, 0.5) is 5.82 Å². The Morgan fingerprint density at radius 3 is 2.61 bits per heavy atom. The van der Waals surface area contributed by atoms with Gasteiger partial charge < -0.3 is 10.5 Å². The number of ether oxygens (including phenoxy) is 1. The molecule has 0 bridgehead atoms. The summed E-state index contributed by atoms with van der Waals surface area (Å²) in [7, 11) is 0. The zero-order valence-electron chi connectivity index (χ0n) is 10.3. The molecule has 1 aromatic heterocycles. The van der Waals surface area contributed by atoms with Crippen molar-refractivity contribution in [3.8, 4) is 5.88 Å². The van der Waals surface area contributed by atoms with Crippen molar-refractivity contribution in [2.75, 3.05) is 12.3 Å². The topological polar surface area (TPSA) is 48.1 Å². The van der Waals surface area contributed by atoms with Gasteiger partial charge in [0.2, 0.25) is 5.88 Å². The summed E-state index contributed by atoms with van der Waals surface area (Å²) >= 11 is 1.68. The third kappa shape index (κ3) is 3.40.